The van der Waals surface area contributed by atoms with Gasteiger partial charge in [0, 0.05) is 24.2 Å². The van der Waals surface area contributed by atoms with E-state index in [0.29, 0.717) is 0 Å². The number of hydrogen-bond acceptors (Lipinski definition) is 3. The van der Waals surface area contributed by atoms with E-state index in [4.69, 9.17) is 4.74 Å². The molecule has 0 saturated carbocycles. The number of carbonyl (C=O) groups excluding carboxylic acids is 1. The maximum Gasteiger partial charge on any atom is 0.254 e. The van der Waals surface area contributed by atoms with Crippen molar-refractivity contribution >= 4 is 5.91 Å². The van der Waals surface area contributed by atoms with Crippen LogP contribution in [-0.4, -0.2) is 54.5 Å². The summed E-state index contributed by atoms with van der Waals surface area (Å²) < 4.78 is 5.28. The van der Waals surface area contributed by atoms with E-state index in [1.165, 1.54) is 31.5 Å². The number of hydrogen-bond donors (Lipinski definition) is 0. The first-order valence-electron chi connectivity index (χ1n) is 12.1. The van der Waals surface area contributed by atoms with Gasteiger partial charge >= 0.3 is 0 Å². The van der Waals surface area contributed by atoms with Gasteiger partial charge in [0.15, 0.2) is 0 Å². The van der Waals surface area contributed by atoms with Crippen LogP contribution in [-0.2, 0) is 6.42 Å². The zero-order chi connectivity index (χ0) is 22.7. The number of nitrogens with zero attached hydrogens (tertiary/aromatic N) is 2. The molecular weight excluding hydrogens is 396 g/mol. The normalized spacial score (nSPS) is 19.7. The van der Waals surface area contributed by atoms with Crippen molar-refractivity contribution in [1.82, 2.24) is 9.80 Å². The summed E-state index contributed by atoms with van der Waals surface area (Å²) in [5.41, 5.74) is 4.69. The Kier molecular flexibility index (Phi) is 6.90. The topological polar surface area (TPSA) is 32.8 Å². The van der Waals surface area contributed by atoms with Crippen LogP contribution in [0.1, 0.15) is 59.7 Å². The van der Waals surface area contributed by atoms with Gasteiger partial charge in [-0.05, 0) is 101 Å². The second-order valence-corrected chi connectivity index (χ2v) is 10.0. The van der Waals surface area contributed by atoms with Gasteiger partial charge in [-0.1, -0.05) is 30.3 Å². The summed E-state index contributed by atoms with van der Waals surface area (Å²) in [7, 11) is 1.72. The van der Waals surface area contributed by atoms with Crippen molar-refractivity contribution < 1.29 is 9.53 Å². The van der Waals surface area contributed by atoms with Gasteiger partial charge in [-0.2, -0.15) is 0 Å². The number of piperidine rings is 2. The fraction of sp³-hybridized carbons (Fsp3) is 0.536. The van der Waals surface area contributed by atoms with Crippen molar-refractivity contribution in [2.75, 3.05) is 33.3 Å². The van der Waals surface area contributed by atoms with E-state index in [-0.39, 0.29) is 11.4 Å². The van der Waals surface area contributed by atoms with Crippen molar-refractivity contribution in [2.24, 2.45) is 5.92 Å². The second kappa shape index (κ2) is 9.66. The van der Waals surface area contributed by atoms with Crippen LogP contribution in [0.2, 0.25) is 0 Å². The molecule has 32 heavy (non-hydrogen) atoms. The Morgan fingerprint density at radius 3 is 2.12 bits per heavy atom. The fourth-order valence-electron chi connectivity index (χ4n) is 5.59. The Morgan fingerprint density at radius 1 is 0.969 bits per heavy atom. The quantitative estimate of drug-likeness (QED) is 0.643. The third-order valence-corrected chi connectivity index (χ3v) is 7.88. The van der Waals surface area contributed by atoms with E-state index in [9.17, 15) is 4.79 Å². The first kappa shape index (κ1) is 22.8. The van der Waals surface area contributed by atoms with E-state index < -0.39 is 0 Å². The molecule has 0 spiro atoms. The minimum atomic E-state index is 0.209. The molecule has 4 heteroatoms. The van der Waals surface area contributed by atoms with Crippen LogP contribution < -0.4 is 4.74 Å². The van der Waals surface area contributed by atoms with Crippen LogP contribution >= 0.6 is 0 Å². The fourth-order valence-corrected chi connectivity index (χ4v) is 5.59. The first-order valence-corrected chi connectivity index (χ1v) is 12.1. The monoisotopic (exact) mass is 434 g/mol. The highest BCUT2D eigenvalue weighted by Gasteiger charge is 2.38. The second-order valence-electron chi connectivity index (χ2n) is 10.0. The molecule has 2 fully saturated rings. The van der Waals surface area contributed by atoms with Crippen molar-refractivity contribution in [2.45, 2.75) is 58.4 Å². The van der Waals surface area contributed by atoms with Crippen LogP contribution in [0.5, 0.6) is 5.75 Å². The Bertz CT molecular complexity index is 901. The molecule has 2 aromatic carbocycles. The third-order valence-electron chi connectivity index (χ3n) is 7.88. The number of aryl methyl sites for hydroxylation is 2. The van der Waals surface area contributed by atoms with Gasteiger partial charge < -0.3 is 9.64 Å². The van der Waals surface area contributed by atoms with Gasteiger partial charge in [0.05, 0.1) is 7.11 Å². The molecule has 4 rings (SSSR count). The largest absolute Gasteiger partial charge is 0.497 e. The van der Waals surface area contributed by atoms with Gasteiger partial charge in [0.2, 0.25) is 0 Å². The van der Waals surface area contributed by atoms with Crippen molar-refractivity contribution in [3.05, 3.63) is 64.7 Å². The van der Waals surface area contributed by atoms with Crippen LogP contribution in [0.3, 0.4) is 0 Å². The lowest BCUT2D eigenvalue weighted by Crippen LogP contribution is -2.56. The Hall–Kier alpha value is -2.33. The van der Waals surface area contributed by atoms with E-state index >= 15 is 0 Å². The van der Waals surface area contributed by atoms with Crippen LogP contribution in [0.4, 0.5) is 0 Å². The lowest BCUT2D eigenvalue weighted by Gasteiger charge is -2.49. The summed E-state index contributed by atoms with van der Waals surface area (Å²) >= 11 is 0. The van der Waals surface area contributed by atoms with Gasteiger partial charge in [-0.15, -0.1) is 0 Å². The molecule has 2 aliphatic rings. The molecule has 0 atom stereocenters. The summed E-state index contributed by atoms with van der Waals surface area (Å²) in [6.07, 6.45) is 5.80. The number of likely N-dealkylation sites (tertiary alicyclic amines) is 2. The molecule has 172 valence electrons. The maximum absolute atomic E-state index is 13.2. The Balaban J connectivity index is 1.30. The SMILES string of the molecule is COc1ccc(CC2CCN(C3(C)CCN(C(=O)c4c(C)cccc4C)CC3)CC2)cc1. The number of rotatable bonds is 5. The van der Waals surface area contributed by atoms with Crippen molar-refractivity contribution in [3.63, 3.8) is 0 Å². The molecule has 4 nitrogen and oxygen atoms in total. The zero-order valence-corrected chi connectivity index (χ0v) is 20.2. The highest BCUT2D eigenvalue weighted by molar-refractivity contribution is 5.97. The number of ether oxygens (including phenoxy) is 1. The average Bonchev–Trinajstić information content (AvgIpc) is 2.80. The first-order chi connectivity index (χ1) is 15.4. The molecule has 0 aromatic heterocycles. The lowest BCUT2D eigenvalue weighted by atomic mass is 9.83. The van der Waals surface area contributed by atoms with Gasteiger partial charge in [0.1, 0.15) is 5.75 Å². The predicted octanol–water partition coefficient (Wildman–Crippen LogP) is 5.26. The highest BCUT2D eigenvalue weighted by Crippen LogP contribution is 2.34. The molecule has 0 radical (unpaired) electrons. The molecule has 2 aliphatic heterocycles. The molecule has 0 aliphatic carbocycles. The number of amides is 1. The molecule has 2 aromatic rings. The maximum atomic E-state index is 13.2. The molecular formula is C28H38N2O2. The van der Waals surface area contributed by atoms with Crippen LogP contribution in [0.25, 0.3) is 0 Å². The van der Waals surface area contributed by atoms with Gasteiger partial charge in [0.25, 0.3) is 5.91 Å². The molecule has 2 saturated heterocycles. The number of carbonyl (C=O) groups is 1. The Labute approximate surface area is 193 Å². The summed E-state index contributed by atoms with van der Waals surface area (Å²) in [6, 6.07) is 14.7. The summed E-state index contributed by atoms with van der Waals surface area (Å²) in [4.78, 5) is 18.0. The molecule has 0 bridgehead atoms. The van der Waals surface area contributed by atoms with E-state index in [1.54, 1.807) is 7.11 Å². The smallest absolute Gasteiger partial charge is 0.254 e. The number of benzene rings is 2. The minimum Gasteiger partial charge on any atom is -0.497 e. The average molecular weight is 435 g/mol. The number of methoxy groups -OCH3 is 1. The summed E-state index contributed by atoms with van der Waals surface area (Å²) in [5.74, 6) is 1.90. The standard InChI is InChI=1S/C28H38N2O2/c1-21-6-5-7-22(2)26(21)27(31)29-18-14-28(3,15-19-29)30-16-12-24(13-17-30)20-23-8-10-25(32-4)11-9-23/h5-11,24H,12-20H2,1-4H3. The lowest BCUT2D eigenvalue weighted by molar-refractivity contribution is 0.0116. The third kappa shape index (κ3) is 4.85. The highest BCUT2D eigenvalue weighted by atomic mass is 16.5. The predicted molar refractivity (Wildman–Crippen MR) is 130 cm³/mol. The summed E-state index contributed by atoms with van der Waals surface area (Å²) in [6.45, 7) is 10.6. The molecule has 0 N–H and O–H groups in total. The van der Waals surface area contributed by atoms with Gasteiger partial charge in [-0.25, -0.2) is 0 Å². The van der Waals surface area contributed by atoms with Crippen molar-refractivity contribution in [1.29, 1.82) is 0 Å². The van der Waals surface area contributed by atoms with Gasteiger partial charge in [-0.3, -0.25) is 9.69 Å². The summed E-state index contributed by atoms with van der Waals surface area (Å²) in [5, 5.41) is 0. The van der Waals surface area contributed by atoms with E-state index in [0.717, 1.165) is 60.7 Å². The van der Waals surface area contributed by atoms with E-state index in [2.05, 4.69) is 41.0 Å². The molecule has 1 amide bonds. The molecule has 2 heterocycles. The van der Waals surface area contributed by atoms with Crippen molar-refractivity contribution in [3.8, 4) is 5.75 Å². The molecule has 0 unspecified atom stereocenters. The minimum absolute atomic E-state index is 0.209. The zero-order valence-electron chi connectivity index (χ0n) is 20.2. The Morgan fingerprint density at radius 2 is 1.56 bits per heavy atom. The van der Waals surface area contributed by atoms with Crippen LogP contribution in [0, 0.1) is 19.8 Å². The van der Waals surface area contributed by atoms with E-state index in [1.807, 2.05) is 32.0 Å². The van der Waals surface area contributed by atoms with Crippen LogP contribution in [0.15, 0.2) is 42.5 Å².